The molecule has 0 aliphatic heterocycles. The Morgan fingerprint density at radius 2 is 1.90 bits per heavy atom. The van der Waals surface area contributed by atoms with Gasteiger partial charge in [0.2, 0.25) is 17.8 Å². The Morgan fingerprint density at radius 1 is 1.19 bits per heavy atom. The second-order valence-electron chi connectivity index (χ2n) is 4.29. The van der Waals surface area contributed by atoms with Crippen LogP contribution in [0.4, 0.5) is 27.9 Å². The number of aromatic nitrogens is 3. The fourth-order valence-electron chi connectivity index (χ4n) is 1.53. The largest absolute Gasteiger partial charge is 0.497 e. The van der Waals surface area contributed by atoms with Crippen molar-refractivity contribution < 1.29 is 9.13 Å². The topological polar surface area (TPSA) is 101 Å². The molecule has 8 nitrogen and oxygen atoms in total. The van der Waals surface area contributed by atoms with Crippen molar-refractivity contribution in [2.75, 3.05) is 36.8 Å². The summed E-state index contributed by atoms with van der Waals surface area (Å²) in [5.41, 5.74) is 2.53. The van der Waals surface area contributed by atoms with Crippen molar-refractivity contribution in [1.82, 2.24) is 15.0 Å². The van der Waals surface area contributed by atoms with Crippen molar-refractivity contribution in [1.29, 1.82) is 0 Å². The molecule has 0 bridgehead atoms. The SMILES string of the molecule is COc1ccc(F)c(Nc2nc(NN)nc(N(C)C)n2)c1. The molecule has 0 unspecified atom stereocenters. The van der Waals surface area contributed by atoms with Crippen LogP contribution in [0, 0.1) is 5.82 Å². The number of hydrogen-bond acceptors (Lipinski definition) is 8. The Labute approximate surface area is 121 Å². The van der Waals surface area contributed by atoms with Gasteiger partial charge in [0.1, 0.15) is 11.6 Å². The maximum atomic E-state index is 13.8. The van der Waals surface area contributed by atoms with E-state index in [9.17, 15) is 4.39 Å². The van der Waals surface area contributed by atoms with Crippen LogP contribution in [0.5, 0.6) is 5.75 Å². The third-order valence-electron chi connectivity index (χ3n) is 2.57. The monoisotopic (exact) mass is 293 g/mol. The lowest BCUT2D eigenvalue weighted by Gasteiger charge is -2.13. The lowest BCUT2D eigenvalue weighted by Crippen LogP contribution is -2.18. The molecule has 0 radical (unpaired) electrons. The molecule has 0 saturated heterocycles. The molecule has 2 rings (SSSR count). The number of nitrogens with zero attached hydrogens (tertiary/aromatic N) is 4. The molecule has 1 aromatic carbocycles. The smallest absolute Gasteiger partial charge is 0.243 e. The van der Waals surface area contributed by atoms with Gasteiger partial charge in [0, 0.05) is 20.2 Å². The molecule has 1 heterocycles. The Morgan fingerprint density at radius 3 is 2.52 bits per heavy atom. The molecule has 0 fully saturated rings. The van der Waals surface area contributed by atoms with Gasteiger partial charge in [-0.3, -0.25) is 5.43 Å². The number of benzene rings is 1. The number of nitrogen functional groups attached to an aromatic ring is 1. The molecule has 4 N–H and O–H groups in total. The van der Waals surface area contributed by atoms with Crippen LogP contribution in [0.25, 0.3) is 0 Å². The highest BCUT2D eigenvalue weighted by molar-refractivity contribution is 5.58. The molecule has 2 aromatic rings. The first-order chi connectivity index (χ1) is 10.0. The van der Waals surface area contributed by atoms with Gasteiger partial charge in [-0.15, -0.1) is 0 Å². The third-order valence-corrected chi connectivity index (χ3v) is 2.57. The highest BCUT2D eigenvalue weighted by Crippen LogP contribution is 2.24. The van der Waals surface area contributed by atoms with E-state index >= 15 is 0 Å². The van der Waals surface area contributed by atoms with Crippen LogP contribution in [0.2, 0.25) is 0 Å². The molecule has 21 heavy (non-hydrogen) atoms. The first-order valence-corrected chi connectivity index (χ1v) is 6.04. The van der Waals surface area contributed by atoms with Gasteiger partial charge in [0.15, 0.2) is 0 Å². The predicted molar refractivity (Wildman–Crippen MR) is 78.2 cm³/mol. The molecule has 0 amide bonds. The summed E-state index contributed by atoms with van der Waals surface area (Å²) in [5.74, 6) is 6.08. The first-order valence-electron chi connectivity index (χ1n) is 6.04. The zero-order valence-electron chi connectivity index (χ0n) is 11.9. The van der Waals surface area contributed by atoms with Crippen molar-refractivity contribution in [2.45, 2.75) is 0 Å². The number of nitrogens with one attached hydrogen (secondary N) is 2. The number of hydrogen-bond donors (Lipinski definition) is 3. The van der Waals surface area contributed by atoms with E-state index in [4.69, 9.17) is 10.6 Å². The van der Waals surface area contributed by atoms with Crippen molar-refractivity contribution in [2.24, 2.45) is 5.84 Å². The fourth-order valence-corrected chi connectivity index (χ4v) is 1.53. The summed E-state index contributed by atoms with van der Waals surface area (Å²) in [6.07, 6.45) is 0. The Kier molecular flexibility index (Phi) is 4.33. The van der Waals surface area contributed by atoms with E-state index in [0.717, 1.165) is 0 Å². The van der Waals surface area contributed by atoms with Gasteiger partial charge in [0.25, 0.3) is 0 Å². The van der Waals surface area contributed by atoms with Gasteiger partial charge in [-0.25, -0.2) is 10.2 Å². The Bertz CT molecular complexity index is 635. The van der Waals surface area contributed by atoms with Crippen molar-refractivity contribution >= 4 is 23.5 Å². The van der Waals surface area contributed by atoms with Gasteiger partial charge in [0.05, 0.1) is 12.8 Å². The Hall–Kier alpha value is -2.68. The number of halogens is 1. The van der Waals surface area contributed by atoms with Gasteiger partial charge >= 0.3 is 0 Å². The van der Waals surface area contributed by atoms with Gasteiger partial charge in [-0.05, 0) is 12.1 Å². The minimum Gasteiger partial charge on any atom is -0.497 e. The standard InChI is InChI=1S/C12H16FN7O/c1-20(2)12-17-10(16-11(18-12)19-14)15-9-6-7(21-3)4-5-8(9)13/h4-6H,14H2,1-3H3,(H2,15,16,17,18,19). The zero-order valence-corrected chi connectivity index (χ0v) is 11.9. The zero-order chi connectivity index (χ0) is 15.4. The molecule has 0 saturated carbocycles. The number of anilines is 4. The van der Waals surface area contributed by atoms with Gasteiger partial charge in [-0.1, -0.05) is 0 Å². The third kappa shape index (κ3) is 3.45. The number of hydrazine groups is 1. The first kappa shape index (κ1) is 14.7. The molecule has 0 aliphatic rings. The summed E-state index contributed by atoms with van der Waals surface area (Å²) in [6, 6.07) is 4.31. The summed E-state index contributed by atoms with van der Waals surface area (Å²) >= 11 is 0. The van der Waals surface area contributed by atoms with E-state index in [1.54, 1.807) is 19.0 Å². The predicted octanol–water partition coefficient (Wildman–Crippen LogP) is 1.11. The van der Waals surface area contributed by atoms with Gasteiger partial charge < -0.3 is 15.0 Å². The summed E-state index contributed by atoms with van der Waals surface area (Å²) in [6.45, 7) is 0. The minimum atomic E-state index is -0.454. The molecule has 9 heteroatoms. The van der Waals surface area contributed by atoms with Crippen molar-refractivity contribution in [3.8, 4) is 5.75 Å². The molecule has 0 atom stereocenters. The molecule has 1 aromatic heterocycles. The average molecular weight is 293 g/mol. The van der Waals surface area contributed by atoms with E-state index in [1.165, 1.54) is 25.3 Å². The molecule has 0 spiro atoms. The van der Waals surface area contributed by atoms with E-state index < -0.39 is 5.82 Å². The molecular formula is C12H16FN7O. The van der Waals surface area contributed by atoms with Crippen LogP contribution >= 0.6 is 0 Å². The van der Waals surface area contributed by atoms with E-state index in [2.05, 4.69) is 25.7 Å². The minimum absolute atomic E-state index is 0.161. The van der Waals surface area contributed by atoms with Crippen molar-refractivity contribution in [3.63, 3.8) is 0 Å². The second kappa shape index (κ2) is 6.18. The Balaban J connectivity index is 2.36. The van der Waals surface area contributed by atoms with Crippen LogP contribution in [0.3, 0.4) is 0 Å². The van der Waals surface area contributed by atoms with E-state index in [1.807, 2.05) is 0 Å². The van der Waals surface area contributed by atoms with Crippen LogP contribution in [-0.2, 0) is 0 Å². The summed E-state index contributed by atoms with van der Waals surface area (Å²) in [4.78, 5) is 13.9. The number of nitrogens with two attached hydrogens (primary N) is 1. The lowest BCUT2D eigenvalue weighted by atomic mass is 10.3. The quantitative estimate of drug-likeness (QED) is 0.557. The van der Waals surface area contributed by atoms with E-state index in [0.29, 0.717) is 11.7 Å². The maximum absolute atomic E-state index is 13.8. The second-order valence-corrected chi connectivity index (χ2v) is 4.29. The lowest BCUT2D eigenvalue weighted by molar-refractivity contribution is 0.414. The molecule has 0 aliphatic carbocycles. The van der Waals surface area contributed by atoms with Crippen LogP contribution < -0.4 is 26.2 Å². The fraction of sp³-hybridized carbons (Fsp3) is 0.250. The van der Waals surface area contributed by atoms with Gasteiger partial charge in [-0.2, -0.15) is 15.0 Å². The molecule has 112 valence electrons. The van der Waals surface area contributed by atoms with E-state index in [-0.39, 0.29) is 17.6 Å². The summed E-state index contributed by atoms with van der Waals surface area (Å²) in [5, 5.41) is 2.78. The van der Waals surface area contributed by atoms with Crippen LogP contribution in [-0.4, -0.2) is 36.2 Å². The number of ether oxygens (including phenoxy) is 1. The maximum Gasteiger partial charge on any atom is 0.243 e. The normalized spacial score (nSPS) is 10.1. The number of methoxy groups -OCH3 is 1. The highest BCUT2D eigenvalue weighted by Gasteiger charge is 2.10. The summed E-state index contributed by atoms with van der Waals surface area (Å²) < 4.78 is 18.8. The average Bonchev–Trinajstić information content (AvgIpc) is 2.49. The number of rotatable bonds is 5. The van der Waals surface area contributed by atoms with Crippen molar-refractivity contribution in [3.05, 3.63) is 24.0 Å². The highest BCUT2D eigenvalue weighted by atomic mass is 19.1. The summed E-state index contributed by atoms with van der Waals surface area (Å²) in [7, 11) is 5.04. The van der Waals surface area contributed by atoms with Crippen LogP contribution in [0.1, 0.15) is 0 Å². The molecular weight excluding hydrogens is 277 g/mol. The van der Waals surface area contributed by atoms with Crippen LogP contribution in [0.15, 0.2) is 18.2 Å².